The number of hydrogen-bond donors (Lipinski definition) is 3. The Morgan fingerprint density at radius 2 is 1.57 bits per heavy atom. The summed E-state index contributed by atoms with van der Waals surface area (Å²) >= 11 is 0. The Kier molecular flexibility index (Phi) is 17.9. The van der Waals surface area contributed by atoms with Crippen LogP contribution in [0.4, 0.5) is 5.69 Å². The Balaban J connectivity index is 2.21. The number of nitrogens with two attached hydrogens (primary N) is 1. The Labute approximate surface area is 307 Å². The van der Waals surface area contributed by atoms with Gasteiger partial charge in [-0.15, -0.1) is 0 Å². The number of carbonyl (C=O) groups excluding carboxylic acids is 4. The highest BCUT2D eigenvalue weighted by Gasteiger charge is 2.43. The topological polar surface area (TPSA) is 147 Å². The summed E-state index contributed by atoms with van der Waals surface area (Å²) in [6.07, 6.45) is 1.93. The van der Waals surface area contributed by atoms with Gasteiger partial charge in [0.2, 0.25) is 23.6 Å². The lowest BCUT2D eigenvalue weighted by Gasteiger charge is -2.41. The minimum absolute atomic E-state index is 0.00320. The van der Waals surface area contributed by atoms with E-state index in [2.05, 4.69) is 24.5 Å². The van der Waals surface area contributed by atoms with Crippen molar-refractivity contribution in [2.45, 2.75) is 117 Å². The van der Waals surface area contributed by atoms with E-state index in [1.165, 1.54) is 0 Å². The quantitative estimate of drug-likeness (QED) is 0.174. The fourth-order valence-corrected chi connectivity index (χ4v) is 7.59. The maximum atomic E-state index is 14.2. The second kappa shape index (κ2) is 20.7. The van der Waals surface area contributed by atoms with Gasteiger partial charge in [0.1, 0.15) is 6.04 Å². The van der Waals surface area contributed by atoms with Crippen LogP contribution < -0.4 is 16.4 Å². The summed E-state index contributed by atoms with van der Waals surface area (Å²) in [5, 5.41) is 6.07. The van der Waals surface area contributed by atoms with Crippen molar-refractivity contribution in [1.82, 2.24) is 25.3 Å². The molecule has 51 heavy (non-hydrogen) atoms. The predicted molar refractivity (Wildman–Crippen MR) is 203 cm³/mol. The van der Waals surface area contributed by atoms with Crippen LogP contribution in [-0.4, -0.2) is 123 Å². The highest BCUT2D eigenvalue weighted by atomic mass is 16.5. The molecule has 12 heteroatoms. The van der Waals surface area contributed by atoms with Crippen molar-refractivity contribution in [1.29, 1.82) is 0 Å². The molecule has 12 nitrogen and oxygen atoms in total. The minimum Gasteiger partial charge on any atom is -0.399 e. The number of nitrogen functional groups attached to an aromatic ring is 1. The molecule has 4 amide bonds. The van der Waals surface area contributed by atoms with Crippen molar-refractivity contribution in [3.05, 3.63) is 29.8 Å². The zero-order chi connectivity index (χ0) is 38.6. The molecule has 0 spiro atoms. The molecule has 1 aromatic rings. The van der Waals surface area contributed by atoms with Gasteiger partial charge in [0.25, 0.3) is 0 Å². The highest BCUT2D eigenvalue weighted by molar-refractivity contribution is 5.90. The monoisotopic (exact) mass is 717 g/mol. The van der Waals surface area contributed by atoms with E-state index in [-0.39, 0.29) is 59.9 Å². The third-order valence-corrected chi connectivity index (χ3v) is 10.6. The normalized spacial score (nSPS) is 19.0. The molecular formula is C39H68N6O6. The lowest BCUT2D eigenvalue weighted by atomic mass is 9.89. The lowest BCUT2D eigenvalue weighted by molar-refractivity contribution is -0.148. The second-order valence-electron chi connectivity index (χ2n) is 15.3. The molecule has 0 saturated carbocycles. The number of likely N-dealkylation sites (tertiary alicyclic amines) is 1. The third kappa shape index (κ3) is 11.9. The standard InChI is InChI=1S/C39H68N6O6/c1-13-26(6)35(44(10)39(49)33(24(2)3)42-38(48)34(25(4)5)43(8)9)31(50-11)23-32(46)45-22-14-15-30(45)36(51-12)27(7)37(47)41-21-20-28-16-18-29(40)19-17-28/h16-19,24-27,30-31,33-36H,13-15,20-23,40H2,1-12H3,(H,41,47)(H,42,48)/t26?,27-,30?,31-,33+,34?,35?,36?/m1/s1. The zero-order valence-electron chi connectivity index (χ0n) is 33.4. The van der Waals surface area contributed by atoms with E-state index in [9.17, 15) is 19.2 Å². The minimum atomic E-state index is -0.743. The fourth-order valence-electron chi connectivity index (χ4n) is 7.59. The average Bonchev–Trinajstić information content (AvgIpc) is 3.56. The number of hydrogen-bond acceptors (Lipinski definition) is 8. The number of likely N-dealkylation sites (N-methyl/N-ethyl adjacent to an activating group) is 2. The summed E-state index contributed by atoms with van der Waals surface area (Å²) in [5.74, 6) is -1.21. The molecule has 0 aromatic heterocycles. The summed E-state index contributed by atoms with van der Waals surface area (Å²) in [5.41, 5.74) is 7.57. The number of nitrogens with one attached hydrogen (secondary N) is 2. The van der Waals surface area contributed by atoms with Crippen LogP contribution in [0.3, 0.4) is 0 Å². The maximum Gasteiger partial charge on any atom is 0.245 e. The number of ether oxygens (including phenoxy) is 2. The SMILES string of the molecule is CCC(C)C([C@@H](CC(=O)N1CCCC1C(OC)[C@@H](C)C(=O)NCCc1ccc(N)cc1)OC)N(C)C(=O)[C@@H](NC(=O)C(C(C)C)N(C)C)C(C)C. The fraction of sp³-hybridized carbons (Fsp3) is 0.744. The van der Waals surface area contributed by atoms with Crippen molar-refractivity contribution in [2.75, 3.05) is 54.2 Å². The zero-order valence-corrected chi connectivity index (χ0v) is 33.4. The van der Waals surface area contributed by atoms with Crippen LogP contribution in [0.5, 0.6) is 0 Å². The average molecular weight is 717 g/mol. The van der Waals surface area contributed by atoms with Gasteiger partial charge in [-0.25, -0.2) is 0 Å². The van der Waals surface area contributed by atoms with Crippen LogP contribution in [0.2, 0.25) is 0 Å². The molecule has 1 heterocycles. The van der Waals surface area contributed by atoms with Gasteiger partial charge in [-0.1, -0.05) is 67.0 Å². The first-order valence-corrected chi connectivity index (χ1v) is 18.7. The lowest BCUT2D eigenvalue weighted by Crippen LogP contribution is -2.59. The largest absolute Gasteiger partial charge is 0.399 e. The molecule has 1 aliphatic heterocycles. The van der Waals surface area contributed by atoms with Gasteiger partial charge in [-0.3, -0.25) is 24.1 Å². The molecule has 8 atom stereocenters. The van der Waals surface area contributed by atoms with Gasteiger partial charge in [-0.2, -0.15) is 0 Å². The van der Waals surface area contributed by atoms with Crippen LogP contribution in [0.1, 0.15) is 79.7 Å². The van der Waals surface area contributed by atoms with Gasteiger partial charge in [0.05, 0.1) is 42.7 Å². The number of amides is 4. The summed E-state index contributed by atoms with van der Waals surface area (Å²) in [4.78, 5) is 60.3. The molecule has 290 valence electrons. The summed E-state index contributed by atoms with van der Waals surface area (Å²) in [6.45, 7) is 14.8. The number of rotatable bonds is 20. The van der Waals surface area contributed by atoms with E-state index in [1.807, 2.05) is 82.8 Å². The van der Waals surface area contributed by atoms with Gasteiger partial charge in [0.15, 0.2) is 0 Å². The van der Waals surface area contributed by atoms with Gasteiger partial charge < -0.3 is 35.6 Å². The van der Waals surface area contributed by atoms with Crippen molar-refractivity contribution < 1.29 is 28.7 Å². The first kappa shape index (κ1) is 43.9. The van der Waals surface area contributed by atoms with E-state index in [0.717, 1.165) is 24.8 Å². The maximum absolute atomic E-state index is 14.2. The van der Waals surface area contributed by atoms with Crippen LogP contribution in [0.15, 0.2) is 24.3 Å². The Morgan fingerprint density at radius 3 is 2.08 bits per heavy atom. The number of carbonyl (C=O) groups is 4. The van der Waals surface area contributed by atoms with Gasteiger partial charge >= 0.3 is 0 Å². The molecule has 1 saturated heterocycles. The van der Waals surface area contributed by atoms with Crippen molar-refractivity contribution in [3.63, 3.8) is 0 Å². The Bertz CT molecular complexity index is 1250. The summed E-state index contributed by atoms with van der Waals surface area (Å²) in [6, 6.07) is 5.77. The molecule has 0 bridgehead atoms. The van der Waals surface area contributed by atoms with Crippen LogP contribution in [0, 0.1) is 23.7 Å². The van der Waals surface area contributed by atoms with Crippen molar-refractivity contribution >= 4 is 29.3 Å². The van der Waals surface area contributed by atoms with E-state index in [4.69, 9.17) is 15.2 Å². The number of methoxy groups -OCH3 is 2. The van der Waals surface area contributed by atoms with Gasteiger partial charge in [0, 0.05) is 40.0 Å². The molecular weight excluding hydrogens is 648 g/mol. The smallest absolute Gasteiger partial charge is 0.245 e. The molecule has 0 radical (unpaired) electrons. The first-order valence-electron chi connectivity index (χ1n) is 18.7. The Hall–Kier alpha value is -3.22. The van der Waals surface area contributed by atoms with E-state index in [1.54, 1.807) is 26.2 Å². The predicted octanol–water partition coefficient (Wildman–Crippen LogP) is 3.57. The van der Waals surface area contributed by atoms with E-state index < -0.39 is 30.2 Å². The first-order chi connectivity index (χ1) is 24.0. The second-order valence-corrected chi connectivity index (χ2v) is 15.3. The molecule has 1 fully saturated rings. The van der Waals surface area contributed by atoms with Crippen LogP contribution >= 0.6 is 0 Å². The number of nitrogens with zero attached hydrogens (tertiary/aromatic N) is 3. The number of anilines is 1. The molecule has 2 rings (SSSR count). The molecule has 5 unspecified atom stereocenters. The van der Waals surface area contributed by atoms with E-state index in [0.29, 0.717) is 25.2 Å². The van der Waals surface area contributed by atoms with Crippen molar-refractivity contribution in [3.8, 4) is 0 Å². The van der Waals surface area contributed by atoms with Gasteiger partial charge in [-0.05, 0) is 68.8 Å². The molecule has 1 aromatic carbocycles. The van der Waals surface area contributed by atoms with Crippen LogP contribution in [-0.2, 0) is 35.1 Å². The molecule has 1 aliphatic rings. The van der Waals surface area contributed by atoms with Crippen LogP contribution in [0.25, 0.3) is 0 Å². The number of benzene rings is 1. The Morgan fingerprint density at radius 1 is 0.941 bits per heavy atom. The van der Waals surface area contributed by atoms with E-state index >= 15 is 0 Å². The summed E-state index contributed by atoms with van der Waals surface area (Å²) in [7, 11) is 8.64. The highest BCUT2D eigenvalue weighted by Crippen LogP contribution is 2.29. The molecule has 0 aliphatic carbocycles. The van der Waals surface area contributed by atoms with Crippen molar-refractivity contribution in [2.24, 2.45) is 23.7 Å². The summed E-state index contributed by atoms with van der Waals surface area (Å²) < 4.78 is 11.9. The third-order valence-electron chi connectivity index (χ3n) is 10.6. The molecule has 4 N–H and O–H groups in total.